The Hall–Kier alpha value is -2.45. The van der Waals surface area contributed by atoms with Crippen LogP contribution < -0.4 is 4.74 Å². The maximum Gasteiger partial charge on any atom is 0.243 e. The largest absolute Gasteiger partial charge is 0.494 e. The quantitative estimate of drug-likeness (QED) is 0.687. The molecule has 1 saturated heterocycles. The number of carbonyl (C=O) groups is 1. The van der Waals surface area contributed by atoms with Crippen LogP contribution in [0.4, 0.5) is 4.39 Å². The van der Waals surface area contributed by atoms with E-state index in [0.29, 0.717) is 19.6 Å². The number of hydrogen-bond donors (Lipinski definition) is 0. The number of amides is 1. The third kappa shape index (κ3) is 5.30. The van der Waals surface area contributed by atoms with E-state index in [9.17, 15) is 17.6 Å². The number of benzene rings is 2. The van der Waals surface area contributed by atoms with Gasteiger partial charge in [-0.25, -0.2) is 12.8 Å². The highest BCUT2D eigenvalue weighted by Gasteiger charge is 2.32. The lowest BCUT2D eigenvalue weighted by molar-refractivity contribution is -0.135. The van der Waals surface area contributed by atoms with E-state index in [0.717, 1.165) is 50.0 Å². The fraction of sp³-hybridized carbons (Fsp3) is 0.458. The molecule has 0 aliphatic carbocycles. The molecule has 1 amide bonds. The van der Waals surface area contributed by atoms with Gasteiger partial charge in [-0.05, 0) is 80.5 Å². The highest BCUT2D eigenvalue weighted by atomic mass is 32.2. The molecule has 0 spiro atoms. The molecule has 1 unspecified atom stereocenters. The zero-order valence-electron chi connectivity index (χ0n) is 18.1. The van der Waals surface area contributed by atoms with Crippen LogP contribution in [0.2, 0.25) is 0 Å². The number of sulfonamides is 1. The van der Waals surface area contributed by atoms with Crippen molar-refractivity contribution in [3.63, 3.8) is 0 Å². The second-order valence-corrected chi connectivity index (χ2v) is 10.4. The molecule has 0 saturated carbocycles. The van der Waals surface area contributed by atoms with E-state index in [4.69, 9.17) is 4.74 Å². The molecular weight excluding hydrogens is 431 g/mol. The number of fused-ring (bicyclic) bond motifs is 3. The molecule has 0 N–H and O–H groups in total. The molecule has 1 fully saturated rings. The third-order valence-electron chi connectivity index (χ3n) is 6.20. The topological polar surface area (TPSA) is 66.9 Å². The molecule has 8 heteroatoms. The van der Waals surface area contributed by atoms with Gasteiger partial charge in [-0.15, -0.1) is 0 Å². The number of rotatable bonds is 2. The summed E-state index contributed by atoms with van der Waals surface area (Å²) < 4.78 is 46.9. The van der Waals surface area contributed by atoms with Gasteiger partial charge in [-0.2, -0.15) is 4.31 Å². The van der Waals surface area contributed by atoms with E-state index in [1.807, 2.05) is 23.1 Å². The van der Waals surface area contributed by atoms with Crippen LogP contribution in [0.5, 0.6) is 5.75 Å². The average Bonchev–Trinajstić information content (AvgIpc) is 2.80. The predicted molar refractivity (Wildman–Crippen MR) is 119 cm³/mol. The lowest BCUT2D eigenvalue weighted by Crippen LogP contribution is -2.49. The summed E-state index contributed by atoms with van der Waals surface area (Å²) >= 11 is 0. The molecule has 0 aromatic heterocycles. The number of carbonyl (C=O) groups excluding carboxylic acids is 1. The maximum atomic E-state index is 13.3. The average molecular weight is 461 g/mol. The van der Waals surface area contributed by atoms with Crippen molar-refractivity contribution in [2.45, 2.75) is 49.5 Å². The van der Waals surface area contributed by atoms with Crippen molar-refractivity contribution in [3.05, 3.63) is 59.9 Å². The fourth-order valence-corrected chi connectivity index (χ4v) is 5.89. The van der Waals surface area contributed by atoms with Gasteiger partial charge in [0.05, 0.1) is 18.0 Å². The molecular formula is C24H29FN2O4S. The molecule has 172 valence electrons. The van der Waals surface area contributed by atoms with Crippen LogP contribution in [0, 0.1) is 5.82 Å². The summed E-state index contributed by atoms with van der Waals surface area (Å²) in [5.74, 6) is 0.0871. The number of aryl methyl sites for hydroxylation is 1. The first kappa shape index (κ1) is 22.7. The fourth-order valence-electron chi connectivity index (χ4n) is 4.47. The van der Waals surface area contributed by atoms with E-state index in [2.05, 4.69) is 6.07 Å². The first-order valence-electron chi connectivity index (χ1n) is 11.2. The summed E-state index contributed by atoms with van der Waals surface area (Å²) in [5, 5.41) is 0. The molecule has 0 radical (unpaired) electrons. The van der Waals surface area contributed by atoms with Gasteiger partial charge in [-0.3, -0.25) is 4.79 Å². The van der Waals surface area contributed by atoms with Crippen molar-refractivity contribution < 1.29 is 22.3 Å². The summed E-state index contributed by atoms with van der Waals surface area (Å²) in [5.41, 5.74) is 1.18. The molecule has 2 aliphatic heterocycles. The number of nitrogens with zero attached hydrogens (tertiary/aromatic N) is 2. The summed E-state index contributed by atoms with van der Waals surface area (Å²) in [6.07, 6.45) is 5.02. The predicted octanol–water partition coefficient (Wildman–Crippen LogP) is 3.61. The normalized spacial score (nSPS) is 21.3. The van der Waals surface area contributed by atoms with Gasteiger partial charge < -0.3 is 9.64 Å². The molecule has 6 nitrogen and oxygen atoms in total. The van der Waals surface area contributed by atoms with Crippen LogP contribution >= 0.6 is 0 Å². The van der Waals surface area contributed by atoms with Gasteiger partial charge in [0.15, 0.2) is 0 Å². The molecule has 32 heavy (non-hydrogen) atoms. The lowest BCUT2D eigenvalue weighted by atomic mass is 9.95. The monoisotopic (exact) mass is 460 g/mol. The Morgan fingerprint density at radius 3 is 2.59 bits per heavy atom. The zero-order chi connectivity index (χ0) is 22.6. The number of ether oxygens (including phenoxy) is 1. The lowest BCUT2D eigenvalue weighted by Gasteiger charge is -2.37. The van der Waals surface area contributed by atoms with Gasteiger partial charge in [-0.1, -0.05) is 12.1 Å². The third-order valence-corrected chi connectivity index (χ3v) is 8.06. The van der Waals surface area contributed by atoms with Gasteiger partial charge in [0.1, 0.15) is 11.6 Å². The Balaban J connectivity index is 1.62. The van der Waals surface area contributed by atoms with Crippen molar-refractivity contribution in [2.24, 2.45) is 0 Å². The summed E-state index contributed by atoms with van der Waals surface area (Å²) in [4.78, 5) is 15.1. The highest BCUT2D eigenvalue weighted by molar-refractivity contribution is 7.89. The van der Waals surface area contributed by atoms with Gasteiger partial charge in [0.2, 0.25) is 15.9 Å². The van der Waals surface area contributed by atoms with E-state index < -0.39 is 15.8 Å². The molecule has 2 aliphatic rings. The summed E-state index contributed by atoms with van der Waals surface area (Å²) in [6.45, 7) is 0.904. The molecule has 1 atom stereocenters. The van der Waals surface area contributed by atoms with Gasteiger partial charge >= 0.3 is 0 Å². The van der Waals surface area contributed by atoms with Crippen LogP contribution in [0.15, 0.2) is 53.4 Å². The van der Waals surface area contributed by atoms with Gasteiger partial charge in [0.25, 0.3) is 0 Å². The van der Waals surface area contributed by atoms with E-state index >= 15 is 0 Å². The van der Waals surface area contributed by atoms with Crippen molar-refractivity contribution >= 4 is 15.9 Å². The second-order valence-electron chi connectivity index (χ2n) is 8.42. The Kier molecular flexibility index (Phi) is 7.10. The van der Waals surface area contributed by atoms with E-state index in [-0.39, 0.29) is 29.9 Å². The minimum atomic E-state index is -3.95. The van der Waals surface area contributed by atoms with Gasteiger partial charge in [0, 0.05) is 19.1 Å². The van der Waals surface area contributed by atoms with Crippen LogP contribution in [0.3, 0.4) is 0 Å². The molecule has 2 bridgehead atoms. The minimum absolute atomic E-state index is 0.0170. The van der Waals surface area contributed by atoms with Crippen LogP contribution in [0.1, 0.15) is 37.7 Å². The summed E-state index contributed by atoms with van der Waals surface area (Å²) in [6, 6.07) is 12.8. The molecule has 2 aromatic rings. The SMILES string of the molecule is O=C1CN(S(=O)(=O)c2ccc(F)cc2)CCCOc2cccc(c2)CCC2CCCCN12. The Labute approximate surface area is 189 Å². The summed E-state index contributed by atoms with van der Waals surface area (Å²) in [7, 11) is -3.95. The van der Waals surface area contributed by atoms with E-state index in [1.54, 1.807) is 0 Å². The van der Waals surface area contributed by atoms with E-state index in [1.165, 1.54) is 22.0 Å². The first-order valence-corrected chi connectivity index (χ1v) is 12.6. The van der Waals surface area contributed by atoms with Crippen molar-refractivity contribution in [2.75, 3.05) is 26.2 Å². The molecule has 4 rings (SSSR count). The highest BCUT2D eigenvalue weighted by Crippen LogP contribution is 2.25. The van der Waals surface area contributed by atoms with Crippen LogP contribution in [0.25, 0.3) is 0 Å². The minimum Gasteiger partial charge on any atom is -0.494 e. The Bertz CT molecular complexity index is 1040. The Morgan fingerprint density at radius 1 is 0.969 bits per heavy atom. The van der Waals surface area contributed by atoms with Crippen molar-refractivity contribution in [3.8, 4) is 5.75 Å². The first-order chi connectivity index (χ1) is 15.4. The van der Waals surface area contributed by atoms with Crippen molar-refractivity contribution in [1.29, 1.82) is 0 Å². The maximum absolute atomic E-state index is 13.3. The molecule has 2 heterocycles. The Morgan fingerprint density at radius 2 is 1.78 bits per heavy atom. The van der Waals surface area contributed by atoms with Crippen LogP contribution in [-0.2, 0) is 21.2 Å². The smallest absolute Gasteiger partial charge is 0.243 e. The number of piperidine rings is 1. The zero-order valence-corrected chi connectivity index (χ0v) is 18.9. The number of halogens is 1. The number of hydrogen-bond acceptors (Lipinski definition) is 4. The second kappa shape index (κ2) is 10.0. The van der Waals surface area contributed by atoms with Crippen molar-refractivity contribution in [1.82, 2.24) is 9.21 Å². The molecule has 2 aromatic carbocycles. The van der Waals surface area contributed by atoms with Crippen LogP contribution in [-0.4, -0.2) is 55.8 Å². The standard InChI is InChI=1S/C24H29FN2O4S/c25-20-9-12-23(13-10-20)32(29,30)26-14-4-16-31-22-7-3-5-19(17-22)8-11-21-6-1-2-15-27(21)24(28)18-26/h3,5,7,9-10,12-13,17,21H,1-2,4,6,8,11,14-16,18H2.